The van der Waals surface area contributed by atoms with Crippen molar-refractivity contribution in [2.24, 2.45) is 0 Å². The highest BCUT2D eigenvalue weighted by Crippen LogP contribution is 2.43. The van der Waals surface area contributed by atoms with Crippen molar-refractivity contribution in [3.05, 3.63) is 60.7 Å². The van der Waals surface area contributed by atoms with Gasteiger partial charge in [-0.1, -0.05) is 98.2 Å². The van der Waals surface area contributed by atoms with E-state index in [1.165, 1.54) is 10.4 Å². The first kappa shape index (κ1) is 23.9. The normalized spacial score (nSPS) is 13.5. The van der Waals surface area contributed by atoms with E-state index in [0.29, 0.717) is 10.6 Å². The second-order valence-corrected chi connectivity index (χ2v) is 21.8. The van der Waals surface area contributed by atoms with E-state index in [1.54, 1.807) is 13.2 Å². The number of methoxy groups -OCH3 is 1. The average molecular weight is 493 g/mol. The molecule has 3 nitrogen and oxygen atoms in total. The Morgan fingerprint density at radius 3 is 1.64 bits per heavy atom. The van der Waals surface area contributed by atoms with Crippen LogP contribution < -0.4 is 15.1 Å². The van der Waals surface area contributed by atoms with Crippen LogP contribution >= 0.6 is 0 Å². The SMILES string of the molecule is COc1ccc2cc([Si](C)(C)C)ccc2c1-c1c(S(=O)O)ccc2cc([Si](C)(C)C)ccc12. The molecule has 33 heavy (non-hydrogen) atoms. The molecule has 0 heterocycles. The van der Waals surface area contributed by atoms with E-state index in [4.69, 9.17) is 4.74 Å². The molecule has 0 amide bonds. The predicted octanol–water partition coefficient (Wildman–Crippen LogP) is 6.34. The zero-order valence-corrected chi connectivity index (χ0v) is 23.3. The lowest BCUT2D eigenvalue weighted by Gasteiger charge is -2.21. The van der Waals surface area contributed by atoms with Crippen LogP contribution in [-0.4, -0.2) is 32.0 Å². The van der Waals surface area contributed by atoms with E-state index < -0.39 is 27.2 Å². The number of hydrogen-bond acceptors (Lipinski definition) is 2. The number of hydrogen-bond donors (Lipinski definition) is 1. The lowest BCUT2D eigenvalue weighted by atomic mass is 9.93. The van der Waals surface area contributed by atoms with E-state index in [1.807, 2.05) is 12.1 Å². The van der Waals surface area contributed by atoms with Gasteiger partial charge in [0.05, 0.1) is 28.2 Å². The van der Waals surface area contributed by atoms with Gasteiger partial charge >= 0.3 is 0 Å². The molecule has 4 rings (SSSR count). The Kier molecular flexibility index (Phi) is 6.16. The molecular weight excluding hydrogens is 461 g/mol. The molecule has 0 aliphatic carbocycles. The van der Waals surface area contributed by atoms with E-state index in [2.05, 4.69) is 81.7 Å². The Morgan fingerprint density at radius 1 is 0.697 bits per heavy atom. The monoisotopic (exact) mass is 492 g/mol. The maximum absolute atomic E-state index is 12.5. The van der Waals surface area contributed by atoms with Crippen LogP contribution in [0.25, 0.3) is 32.7 Å². The number of fused-ring (bicyclic) bond motifs is 2. The van der Waals surface area contributed by atoms with Crippen molar-refractivity contribution in [1.82, 2.24) is 0 Å². The van der Waals surface area contributed by atoms with Gasteiger partial charge in [-0.25, -0.2) is 4.21 Å². The molecule has 0 saturated heterocycles. The third-order valence-corrected chi connectivity index (χ3v) is 11.2. The summed E-state index contributed by atoms with van der Waals surface area (Å²) in [5, 5.41) is 6.95. The van der Waals surface area contributed by atoms with Gasteiger partial charge in [0, 0.05) is 11.1 Å². The fourth-order valence-electron chi connectivity index (χ4n) is 4.38. The van der Waals surface area contributed by atoms with E-state index >= 15 is 0 Å². The number of benzene rings is 4. The lowest BCUT2D eigenvalue weighted by Crippen LogP contribution is -2.37. The lowest BCUT2D eigenvalue weighted by molar-refractivity contribution is 0.417. The van der Waals surface area contributed by atoms with Gasteiger partial charge in [0.2, 0.25) is 0 Å². The molecule has 1 atom stereocenters. The molecule has 0 aromatic heterocycles. The van der Waals surface area contributed by atoms with Crippen LogP contribution in [0.2, 0.25) is 39.3 Å². The van der Waals surface area contributed by atoms with Gasteiger partial charge in [-0.2, -0.15) is 0 Å². The zero-order chi connectivity index (χ0) is 24.1. The van der Waals surface area contributed by atoms with Crippen molar-refractivity contribution in [1.29, 1.82) is 0 Å². The summed E-state index contributed by atoms with van der Waals surface area (Å²) in [6.07, 6.45) is 0. The average Bonchev–Trinajstić information content (AvgIpc) is 2.75. The van der Waals surface area contributed by atoms with Crippen LogP contribution in [0, 0.1) is 0 Å². The van der Waals surface area contributed by atoms with Gasteiger partial charge in [-0.15, -0.1) is 0 Å². The first-order chi connectivity index (χ1) is 15.4. The van der Waals surface area contributed by atoms with Crippen molar-refractivity contribution >= 4 is 59.1 Å². The second kappa shape index (κ2) is 8.51. The van der Waals surface area contributed by atoms with Gasteiger partial charge in [0.25, 0.3) is 0 Å². The molecule has 4 aromatic rings. The minimum atomic E-state index is -2.13. The maximum atomic E-state index is 12.5. The van der Waals surface area contributed by atoms with Crippen LogP contribution in [0.5, 0.6) is 5.75 Å². The van der Waals surface area contributed by atoms with E-state index in [0.717, 1.165) is 32.7 Å². The molecule has 0 aliphatic heterocycles. The topological polar surface area (TPSA) is 46.5 Å². The predicted molar refractivity (Wildman–Crippen MR) is 148 cm³/mol. The summed E-state index contributed by atoms with van der Waals surface area (Å²) >= 11 is -2.13. The quantitative estimate of drug-likeness (QED) is 0.261. The Morgan fingerprint density at radius 2 is 1.18 bits per heavy atom. The van der Waals surface area contributed by atoms with Crippen LogP contribution in [0.4, 0.5) is 0 Å². The van der Waals surface area contributed by atoms with E-state index in [9.17, 15) is 8.76 Å². The highest BCUT2D eigenvalue weighted by Gasteiger charge is 2.23. The molecule has 0 spiro atoms. The Labute approximate surface area is 201 Å². The van der Waals surface area contributed by atoms with Crippen LogP contribution in [0.3, 0.4) is 0 Å². The summed E-state index contributed by atoms with van der Waals surface area (Å²) in [6, 6.07) is 21.0. The first-order valence-corrected chi connectivity index (χ1v) is 19.3. The third kappa shape index (κ3) is 4.45. The van der Waals surface area contributed by atoms with Gasteiger partial charge in [-0.3, -0.25) is 0 Å². The third-order valence-electron chi connectivity index (χ3n) is 6.35. The highest BCUT2D eigenvalue weighted by molar-refractivity contribution is 7.79. The summed E-state index contributed by atoms with van der Waals surface area (Å²) < 4.78 is 28.5. The van der Waals surface area contributed by atoms with E-state index in [-0.39, 0.29) is 0 Å². The second-order valence-electron chi connectivity index (χ2n) is 10.7. The summed E-state index contributed by atoms with van der Waals surface area (Å²) in [5.41, 5.74) is 1.65. The molecule has 6 heteroatoms. The Balaban J connectivity index is 2.13. The van der Waals surface area contributed by atoms with Crippen LogP contribution in [0.15, 0.2) is 65.6 Å². The van der Waals surface area contributed by atoms with Gasteiger partial charge in [0.15, 0.2) is 11.1 Å². The summed E-state index contributed by atoms with van der Waals surface area (Å²) in [6.45, 7) is 14.0. The molecule has 0 fully saturated rings. The summed E-state index contributed by atoms with van der Waals surface area (Å²) in [4.78, 5) is 0.406. The van der Waals surface area contributed by atoms with Gasteiger partial charge < -0.3 is 9.29 Å². The number of ether oxygens (including phenoxy) is 1. The minimum absolute atomic E-state index is 0.406. The standard InChI is InChI=1S/C27H32O3SSi2/c1-30-24-14-8-18-16-20(32(2,3)4)10-12-22(18)26(24)27-23-13-11-21(33(5,6)7)17-19(23)9-15-25(27)31(28)29/h8-17H,1-7H3,(H,28,29). The maximum Gasteiger partial charge on any atom is 0.187 e. The molecule has 0 radical (unpaired) electrons. The molecule has 0 saturated carbocycles. The highest BCUT2D eigenvalue weighted by atomic mass is 32.2. The Bertz CT molecular complexity index is 1400. The van der Waals surface area contributed by atoms with Crippen LogP contribution in [0.1, 0.15) is 0 Å². The van der Waals surface area contributed by atoms with Crippen molar-refractivity contribution < 1.29 is 13.5 Å². The molecule has 1 N–H and O–H groups in total. The fourth-order valence-corrected chi connectivity index (χ4v) is 7.30. The molecular formula is C27H32O3SSi2. The molecule has 0 bridgehead atoms. The molecule has 172 valence electrons. The summed E-state index contributed by atoms with van der Waals surface area (Å²) in [7, 11) is -1.32. The zero-order valence-electron chi connectivity index (χ0n) is 20.4. The molecule has 4 aromatic carbocycles. The van der Waals surface area contributed by atoms with Crippen molar-refractivity contribution in [2.45, 2.75) is 44.2 Å². The molecule has 1 unspecified atom stereocenters. The molecule has 0 aliphatic rings. The largest absolute Gasteiger partial charge is 0.496 e. The van der Waals surface area contributed by atoms with Crippen molar-refractivity contribution in [3.8, 4) is 16.9 Å². The van der Waals surface area contributed by atoms with Crippen molar-refractivity contribution in [2.75, 3.05) is 7.11 Å². The first-order valence-electron chi connectivity index (χ1n) is 11.2. The van der Waals surface area contributed by atoms with Crippen LogP contribution in [-0.2, 0) is 11.1 Å². The van der Waals surface area contributed by atoms with Gasteiger partial charge in [-0.05, 0) is 33.7 Å². The van der Waals surface area contributed by atoms with Gasteiger partial charge in [0.1, 0.15) is 5.75 Å². The Hall–Kier alpha value is -2.26. The fraction of sp³-hybridized carbons (Fsp3) is 0.259. The smallest absolute Gasteiger partial charge is 0.187 e. The minimum Gasteiger partial charge on any atom is -0.496 e. The van der Waals surface area contributed by atoms with Crippen molar-refractivity contribution in [3.63, 3.8) is 0 Å². The number of rotatable bonds is 5. The summed E-state index contributed by atoms with van der Waals surface area (Å²) in [5.74, 6) is 0.705.